The number of nitrogens with zero attached hydrogens (tertiary/aromatic N) is 2. The maximum absolute atomic E-state index is 12.5. The number of pyridine rings is 1. The summed E-state index contributed by atoms with van der Waals surface area (Å²) in [6.45, 7) is 8.99. The SMILES string of the molecule is CCOC(=O)c1c(C)c2cccnc2n1C(=O)OC(C)(C)C. The van der Waals surface area contributed by atoms with Crippen molar-refractivity contribution in [3.05, 3.63) is 29.6 Å². The van der Waals surface area contributed by atoms with Crippen molar-refractivity contribution in [1.82, 2.24) is 9.55 Å². The molecule has 0 fully saturated rings. The molecule has 2 aromatic heterocycles. The predicted molar refractivity (Wildman–Crippen MR) is 82.1 cm³/mol. The summed E-state index contributed by atoms with van der Waals surface area (Å²) in [6.07, 6.45) is 0.921. The van der Waals surface area contributed by atoms with Crippen LogP contribution in [-0.2, 0) is 9.47 Å². The number of ether oxygens (including phenoxy) is 2. The molecule has 2 heterocycles. The average Bonchev–Trinajstić information content (AvgIpc) is 2.71. The lowest BCUT2D eigenvalue weighted by molar-refractivity contribution is 0.0452. The highest BCUT2D eigenvalue weighted by molar-refractivity contribution is 6.03. The van der Waals surface area contributed by atoms with Gasteiger partial charge in [0.1, 0.15) is 11.3 Å². The highest BCUT2D eigenvalue weighted by atomic mass is 16.6. The second-order valence-corrected chi connectivity index (χ2v) is 5.88. The van der Waals surface area contributed by atoms with Crippen molar-refractivity contribution >= 4 is 23.1 Å². The standard InChI is InChI=1S/C16H20N2O4/c1-6-21-14(19)12-10(2)11-8-7-9-17-13(11)18(12)15(20)22-16(3,4)5/h7-9H,6H2,1-5H3. The zero-order valence-electron chi connectivity index (χ0n) is 13.5. The molecule has 6 nitrogen and oxygen atoms in total. The van der Waals surface area contributed by atoms with Crippen molar-refractivity contribution in [3.8, 4) is 0 Å². The first kappa shape index (κ1) is 16.0. The van der Waals surface area contributed by atoms with Crippen LogP contribution < -0.4 is 0 Å². The molecule has 6 heteroatoms. The topological polar surface area (TPSA) is 70.4 Å². The van der Waals surface area contributed by atoms with E-state index in [9.17, 15) is 9.59 Å². The lowest BCUT2D eigenvalue weighted by atomic mass is 10.2. The number of carbonyl (C=O) groups is 2. The molecule has 2 rings (SSSR count). The van der Waals surface area contributed by atoms with E-state index in [1.807, 2.05) is 0 Å². The minimum absolute atomic E-state index is 0.157. The third-order valence-corrected chi connectivity index (χ3v) is 3.03. The molecule has 0 amide bonds. The molecule has 0 N–H and O–H groups in total. The number of rotatable bonds is 2. The Balaban J connectivity index is 2.66. The Hall–Kier alpha value is -2.37. The summed E-state index contributed by atoms with van der Waals surface area (Å²) < 4.78 is 11.6. The molecular weight excluding hydrogens is 284 g/mol. The van der Waals surface area contributed by atoms with Gasteiger partial charge in [0, 0.05) is 11.6 Å². The van der Waals surface area contributed by atoms with Crippen LogP contribution in [0.2, 0.25) is 0 Å². The molecule has 0 saturated carbocycles. The molecule has 0 atom stereocenters. The monoisotopic (exact) mass is 304 g/mol. The van der Waals surface area contributed by atoms with Crippen LogP contribution in [0.3, 0.4) is 0 Å². The Kier molecular flexibility index (Phi) is 4.21. The van der Waals surface area contributed by atoms with Crippen molar-refractivity contribution in [1.29, 1.82) is 0 Å². The molecule has 0 aromatic carbocycles. The molecular formula is C16H20N2O4. The van der Waals surface area contributed by atoms with Crippen molar-refractivity contribution in [2.45, 2.75) is 40.2 Å². The molecule has 0 radical (unpaired) electrons. The van der Waals surface area contributed by atoms with Crippen molar-refractivity contribution in [3.63, 3.8) is 0 Å². The van der Waals surface area contributed by atoms with E-state index in [4.69, 9.17) is 9.47 Å². The first-order chi connectivity index (χ1) is 10.3. The minimum atomic E-state index is -0.678. The predicted octanol–water partition coefficient (Wildman–Crippen LogP) is 3.30. The molecule has 2 aromatic rings. The van der Waals surface area contributed by atoms with E-state index in [0.29, 0.717) is 11.2 Å². The Morgan fingerprint density at radius 3 is 2.59 bits per heavy atom. The van der Waals surface area contributed by atoms with E-state index >= 15 is 0 Å². The number of hydrogen-bond donors (Lipinski definition) is 0. The van der Waals surface area contributed by atoms with E-state index in [0.717, 1.165) is 5.39 Å². The van der Waals surface area contributed by atoms with Crippen LogP contribution in [-0.4, -0.2) is 33.8 Å². The quantitative estimate of drug-likeness (QED) is 0.796. The lowest BCUT2D eigenvalue weighted by Gasteiger charge is -2.20. The summed E-state index contributed by atoms with van der Waals surface area (Å²) in [5.74, 6) is -0.566. The van der Waals surface area contributed by atoms with E-state index < -0.39 is 17.7 Å². The zero-order valence-corrected chi connectivity index (χ0v) is 13.5. The highest BCUT2D eigenvalue weighted by Crippen LogP contribution is 2.26. The largest absolute Gasteiger partial charge is 0.461 e. The maximum Gasteiger partial charge on any atom is 0.420 e. The first-order valence-electron chi connectivity index (χ1n) is 7.12. The highest BCUT2D eigenvalue weighted by Gasteiger charge is 2.28. The molecule has 0 bridgehead atoms. The number of aryl methyl sites for hydroxylation is 1. The van der Waals surface area contributed by atoms with Gasteiger partial charge < -0.3 is 9.47 Å². The van der Waals surface area contributed by atoms with Crippen LogP contribution in [0, 0.1) is 6.92 Å². The van der Waals surface area contributed by atoms with Crippen LogP contribution >= 0.6 is 0 Å². The van der Waals surface area contributed by atoms with Gasteiger partial charge in [0.25, 0.3) is 0 Å². The molecule has 0 aliphatic rings. The fraction of sp³-hybridized carbons (Fsp3) is 0.438. The van der Waals surface area contributed by atoms with E-state index in [1.165, 1.54) is 4.57 Å². The molecule has 22 heavy (non-hydrogen) atoms. The number of carbonyl (C=O) groups excluding carboxylic acids is 2. The third kappa shape index (κ3) is 2.95. The van der Waals surface area contributed by atoms with Crippen LogP contribution in [0.5, 0.6) is 0 Å². The maximum atomic E-state index is 12.5. The zero-order chi connectivity index (χ0) is 16.5. The van der Waals surface area contributed by atoms with Crippen molar-refractivity contribution < 1.29 is 19.1 Å². The number of hydrogen-bond acceptors (Lipinski definition) is 5. The van der Waals surface area contributed by atoms with Crippen molar-refractivity contribution in [2.75, 3.05) is 6.61 Å². The third-order valence-electron chi connectivity index (χ3n) is 3.03. The lowest BCUT2D eigenvalue weighted by Crippen LogP contribution is -2.29. The van der Waals surface area contributed by atoms with Gasteiger partial charge in [-0.15, -0.1) is 0 Å². The van der Waals surface area contributed by atoms with Gasteiger partial charge in [-0.05, 0) is 52.3 Å². The van der Waals surface area contributed by atoms with Crippen molar-refractivity contribution in [2.24, 2.45) is 0 Å². The average molecular weight is 304 g/mol. The van der Waals surface area contributed by atoms with Crippen LogP contribution in [0.15, 0.2) is 18.3 Å². The van der Waals surface area contributed by atoms with Crippen LogP contribution in [0.1, 0.15) is 43.7 Å². The summed E-state index contributed by atoms with van der Waals surface area (Å²) in [4.78, 5) is 29.0. The van der Waals surface area contributed by atoms with Gasteiger partial charge in [0.2, 0.25) is 0 Å². The van der Waals surface area contributed by atoms with Gasteiger partial charge >= 0.3 is 12.1 Å². The fourth-order valence-corrected chi connectivity index (χ4v) is 2.20. The van der Waals surface area contributed by atoms with Gasteiger partial charge in [0.15, 0.2) is 5.65 Å². The van der Waals surface area contributed by atoms with Crippen LogP contribution in [0.4, 0.5) is 4.79 Å². The Morgan fingerprint density at radius 1 is 1.32 bits per heavy atom. The van der Waals surface area contributed by atoms with E-state index in [1.54, 1.807) is 52.9 Å². The molecule has 0 aliphatic heterocycles. The van der Waals surface area contributed by atoms with Crippen LogP contribution in [0.25, 0.3) is 11.0 Å². The molecule has 0 unspecified atom stereocenters. The van der Waals surface area contributed by atoms with E-state index in [-0.39, 0.29) is 12.3 Å². The van der Waals surface area contributed by atoms with Gasteiger partial charge in [-0.2, -0.15) is 0 Å². The summed E-state index contributed by atoms with van der Waals surface area (Å²) in [5.41, 5.74) is 0.511. The Bertz CT molecular complexity index is 726. The fourth-order valence-electron chi connectivity index (χ4n) is 2.20. The van der Waals surface area contributed by atoms with Gasteiger partial charge in [-0.25, -0.2) is 19.1 Å². The molecule has 0 aliphatic carbocycles. The molecule has 0 saturated heterocycles. The van der Waals surface area contributed by atoms with Gasteiger partial charge in [0.05, 0.1) is 6.61 Å². The van der Waals surface area contributed by atoms with Gasteiger partial charge in [-0.1, -0.05) is 0 Å². The Labute approximate surface area is 129 Å². The molecule has 0 spiro atoms. The van der Waals surface area contributed by atoms with Gasteiger partial charge in [-0.3, -0.25) is 0 Å². The number of aromatic nitrogens is 2. The number of fused-ring (bicyclic) bond motifs is 1. The summed E-state index contributed by atoms with van der Waals surface area (Å²) >= 11 is 0. The molecule has 118 valence electrons. The second kappa shape index (κ2) is 5.79. The minimum Gasteiger partial charge on any atom is -0.461 e. The first-order valence-corrected chi connectivity index (χ1v) is 7.12. The Morgan fingerprint density at radius 2 is 2.00 bits per heavy atom. The summed E-state index contributed by atoms with van der Waals surface area (Å²) in [5, 5.41) is 0.719. The number of esters is 1. The summed E-state index contributed by atoms with van der Waals surface area (Å²) in [7, 11) is 0. The second-order valence-electron chi connectivity index (χ2n) is 5.88. The smallest absolute Gasteiger partial charge is 0.420 e. The normalized spacial score (nSPS) is 11.5. The summed E-state index contributed by atoms with van der Waals surface area (Å²) in [6, 6.07) is 3.56. The van der Waals surface area contributed by atoms with E-state index in [2.05, 4.69) is 4.98 Å².